The molecule has 0 unspecified atom stereocenters. The first-order valence-corrected chi connectivity index (χ1v) is 7.60. The molecule has 0 spiro atoms. The Morgan fingerprint density at radius 1 is 1.19 bits per heavy atom. The molecule has 0 amide bonds. The molecule has 0 aliphatic heterocycles. The Balaban J connectivity index is 2.72. The molecule has 1 N–H and O–H groups in total. The minimum atomic E-state index is -4.30. The standard InChI is InChI=1S/C13H19BrF3N3O/c1-3-5-9-11(14)12(18-4-2)20-10(19-9)6-7-21-8-13(15,16)17/h3-8H2,1-2H3,(H,18,19,20). The summed E-state index contributed by atoms with van der Waals surface area (Å²) in [6, 6.07) is 0. The molecule has 1 heterocycles. The van der Waals surface area contributed by atoms with Crippen LogP contribution in [0.1, 0.15) is 31.8 Å². The van der Waals surface area contributed by atoms with Crippen molar-refractivity contribution in [1.29, 1.82) is 0 Å². The fourth-order valence-electron chi connectivity index (χ4n) is 1.69. The lowest BCUT2D eigenvalue weighted by molar-refractivity contribution is -0.173. The molecule has 0 bridgehead atoms. The number of nitrogens with zero attached hydrogens (tertiary/aromatic N) is 2. The predicted octanol–water partition coefficient (Wildman–Crippen LogP) is 3.74. The summed E-state index contributed by atoms with van der Waals surface area (Å²) in [6.45, 7) is 3.38. The molecule has 0 fully saturated rings. The van der Waals surface area contributed by atoms with Crippen LogP contribution in [0.3, 0.4) is 0 Å². The smallest absolute Gasteiger partial charge is 0.372 e. The third-order valence-corrected chi connectivity index (χ3v) is 3.37. The number of aryl methyl sites for hydroxylation is 1. The van der Waals surface area contributed by atoms with Gasteiger partial charge in [0.2, 0.25) is 0 Å². The van der Waals surface area contributed by atoms with Crippen molar-refractivity contribution >= 4 is 21.7 Å². The molecule has 21 heavy (non-hydrogen) atoms. The maximum absolute atomic E-state index is 12.0. The molecule has 0 atom stereocenters. The highest BCUT2D eigenvalue weighted by atomic mass is 79.9. The van der Waals surface area contributed by atoms with E-state index >= 15 is 0 Å². The normalized spacial score (nSPS) is 11.7. The topological polar surface area (TPSA) is 47.0 Å². The number of halogens is 4. The summed E-state index contributed by atoms with van der Waals surface area (Å²) >= 11 is 3.46. The minimum absolute atomic E-state index is 0.0573. The van der Waals surface area contributed by atoms with Crippen molar-refractivity contribution in [2.75, 3.05) is 25.1 Å². The molecule has 120 valence electrons. The van der Waals surface area contributed by atoms with Crippen LogP contribution < -0.4 is 5.32 Å². The molecule has 0 aromatic carbocycles. The van der Waals surface area contributed by atoms with Gasteiger partial charge in [0, 0.05) is 13.0 Å². The Labute approximate surface area is 130 Å². The van der Waals surface area contributed by atoms with Crippen LogP contribution in [-0.4, -0.2) is 35.9 Å². The largest absolute Gasteiger partial charge is 0.411 e. The molecule has 0 aliphatic rings. The Morgan fingerprint density at radius 3 is 2.48 bits per heavy atom. The van der Waals surface area contributed by atoms with Gasteiger partial charge in [-0.15, -0.1) is 0 Å². The summed E-state index contributed by atoms with van der Waals surface area (Å²) in [5.74, 6) is 1.15. The van der Waals surface area contributed by atoms with E-state index in [-0.39, 0.29) is 13.0 Å². The van der Waals surface area contributed by atoms with Crippen molar-refractivity contribution < 1.29 is 17.9 Å². The summed E-state index contributed by atoms with van der Waals surface area (Å²) in [5, 5.41) is 3.11. The molecular weight excluding hydrogens is 351 g/mol. The van der Waals surface area contributed by atoms with Crippen molar-refractivity contribution in [2.45, 2.75) is 39.3 Å². The van der Waals surface area contributed by atoms with Crippen LogP contribution >= 0.6 is 15.9 Å². The first-order valence-electron chi connectivity index (χ1n) is 6.81. The number of rotatable bonds is 8. The zero-order valence-electron chi connectivity index (χ0n) is 12.1. The Bertz CT molecular complexity index is 428. The molecule has 8 heteroatoms. The summed E-state index contributed by atoms with van der Waals surface area (Å²) in [7, 11) is 0. The first kappa shape index (κ1) is 18.2. The maximum Gasteiger partial charge on any atom is 0.411 e. The van der Waals surface area contributed by atoms with Gasteiger partial charge in [0.25, 0.3) is 0 Å². The van der Waals surface area contributed by atoms with E-state index in [4.69, 9.17) is 0 Å². The summed E-state index contributed by atoms with van der Waals surface area (Å²) in [4.78, 5) is 8.69. The molecule has 1 rings (SSSR count). The van der Waals surface area contributed by atoms with Crippen LogP contribution in [0.2, 0.25) is 0 Å². The van der Waals surface area contributed by atoms with Crippen LogP contribution in [-0.2, 0) is 17.6 Å². The lowest BCUT2D eigenvalue weighted by Crippen LogP contribution is -2.18. The average Bonchev–Trinajstić information content (AvgIpc) is 2.39. The van der Waals surface area contributed by atoms with Gasteiger partial charge in [0.05, 0.1) is 16.8 Å². The van der Waals surface area contributed by atoms with Gasteiger partial charge in [-0.2, -0.15) is 13.2 Å². The van der Waals surface area contributed by atoms with Crippen molar-refractivity contribution in [3.63, 3.8) is 0 Å². The third-order valence-electron chi connectivity index (χ3n) is 2.53. The van der Waals surface area contributed by atoms with Crippen molar-refractivity contribution in [3.05, 3.63) is 16.0 Å². The SMILES string of the molecule is CCCc1nc(CCOCC(F)(F)F)nc(NCC)c1Br. The van der Waals surface area contributed by atoms with Crippen molar-refractivity contribution in [2.24, 2.45) is 0 Å². The Hall–Kier alpha value is -0.890. The zero-order valence-corrected chi connectivity index (χ0v) is 13.6. The molecule has 0 radical (unpaired) electrons. The van der Waals surface area contributed by atoms with Crippen LogP contribution in [0.4, 0.5) is 19.0 Å². The van der Waals surface area contributed by atoms with E-state index in [1.165, 1.54) is 0 Å². The van der Waals surface area contributed by atoms with E-state index in [1.54, 1.807) is 0 Å². The quantitative estimate of drug-likeness (QED) is 0.709. The van der Waals surface area contributed by atoms with Gasteiger partial charge < -0.3 is 10.1 Å². The number of hydrogen-bond donors (Lipinski definition) is 1. The van der Waals surface area contributed by atoms with E-state index in [2.05, 4.69) is 36.0 Å². The zero-order chi connectivity index (χ0) is 15.9. The predicted molar refractivity (Wildman–Crippen MR) is 78.5 cm³/mol. The van der Waals surface area contributed by atoms with Gasteiger partial charge in [-0.3, -0.25) is 0 Å². The number of ether oxygens (including phenoxy) is 1. The van der Waals surface area contributed by atoms with E-state index in [9.17, 15) is 13.2 Å². The van der Waals surface area contributed by atoms with Gasteiger partial charge in [0.1, 0.15) is 18.2 Å². The Morgan fingerprint density at radius 2 is 1.90 bits per heavy atom. The monoisotopic (exact) mass is 369 g/mol. The number of alkyl halides is 3. The molecule has 1 aromatic heterocycles. The maximum atomic E-state index is 12.0. The summed E-state index contributed by atoms with van der Waals surface area (Å²) < 4.78 is 41.4. The van der Waals surface area contributed by atoms with Crippen LogP contribution in [0, 0.1) is 0 Å². The molecule has 1 aromatic rings. The fraction of sp³-hybridized carbons (Fsp3) is 0.692. The van der Waals surface area contributed by atoms with Gasteiger partial charge in [-0.05, 0) is 29.3 Å². The van der Waals surface area contributed by atoms with E-state index in [0.29, 0.717) is 18.2 Å². The number of hydrogen-bond acceptors (Lipinski definition) is 4. The second-order valence-electron chi connectivity index (χ2n) is 4.45. The average molecular weight is 370 g/mol. The molecule has 0 aliphatic carbocycles. The second-order valence-corrected chi connectivity index (χ2v) is 5.24. The number of anilines is 1. The van der Waals surface area contributed by atoms with Crippen LogP contribution in [0.15, 0.2) is 4.47 Å². The van der Waals surface area contributed by atoms with Crippen LogP contribution in [0.25, 0.3) is 0 Å². The highest BCUT2D eigenvalue weighted by Gasteiger charge is 2.27. The Kier molecular flexibility index (Phi) is 7.37. The minimum Gasteiger partial charge on any atom is -0.372 e. The lowest BCUT2D eigenvalue weighted by atomic mass is 10.2. The highest BCUT2D eigenvalue weighted by Crippen LogP contribution is 2.25. The van der Waals surface area contributed by atoms with E-state index < -0.39 is 12.8 Å². The number of aromatic nitrogens is 2. The summed E-state index contributed by atoms with van der Waals surface area (Å²) in [5.41, 5.74) is 0.856. The molecular formula is C13H19BrF3N3O. The van der Waals surface area contributed by atoms with Crippen LogP contribution in [0.5, 0.6) is 0 Å². The van der Waals surface area contributed by atoms with Crippen molar-refractivity contribution in [3.8, 4) is 0 Å². The van der Waals surface area contributed by atoms with E-state index in [0.717, 1.165) is 23.0 Å². The highest BCUT2D eigenvalue weighted by molar-refractivity contribution is 9.10. The van der Waals surface area contributed by atoms with Gasteiger partial charge in [0.15, 0.2) is 0 Å². The van der Waals surface area contributed by atoms with Gasteiger partial charge in [-0.1, -0.05) is 13.3 Å². The number of nitrogens with one attached hydrogen (secondary N) is 1. The molecule has 0 saturated heterocycles. The van der Waals surface area contributed by atoms with E-state index in [1.807, 2.05) is 13.8 Å². The third kappa shape index (κ3) is 6.60. The molecule has 0 saturated carbocycles. The first-order chi connectivity index (χ1) is 9.87. The lowest BCUT2D eigenvalue weighted by Gasteiger charge is -2.12. The molecule has 4 nitrogen and oxygen atoms in total. The summed E-state index contributed by atoms with van der Waals surface area (Å²) in [6.07, 6.45) is -2.36. The second kappa shape index (κ2) is 8.53. The van der Waals surface area contributed by atoms with Crippen molar-refractivity contribution in [1.82, 2.24) is 9.97 Å². The van der Waals surface area contributed by atoms with Gasteiger partial charge in [-0.25, -0.2) is 9.97 Å². The van der Waals surface area contributed by atoms with Gasteiger partial charge >= 0.3 is 6.18 Å². The fourth-order valence-corrected chi connectivity index (χ4v) is 2.21.